The van der Waals surface area contributed by atoms with Crippen molar-refractivity contribution in [1.82, 2.24) is 4.98 Å². The summed E-state index contributed by atoms with van der Waals surface area (Å²) in [6.07, 6.45) is -4.22. The van der Waals surface area contributed by atoms with E-state index >= 15 is 0 Å². The molecule has 20 heavy (non-hydrogen) atoms. The summed E-state index contributed by atoms with van der Waals surface area (Å²) in [6, 6.07) is 8.99. The van der Waals surface area contributed by atoms with E-state index in [1.165, 1.54) is 0 Å². The van der Waals surface area contributed by atoms with Crippen LogP contribution in [0.2, 0.25) is 0 Å². The van der Waals surface area contributed by atoms with Crippen LogP contribution in [0, 0.1) is 0 Å². The number of para-hydroxylation sites is 1. The van der Waals surface area contributed by atoms with Crippen molar-refractivity contribution in [2.45, 2.75) is 18.7 Å². The van der Waals surface area contributed by atoms with Crippen molar-refractivity contribution in [3.05, 3.63) is 46.4 Å². The van der Waals surface area contributed by atoms with Gasteiger partial charge in [-0.05, 0) is 12.1 Å². The molecule has 2 rings (SSSR count). The average Bonchev–Trinajstić information content (AvgIpc) is 2.89. The zero-order valence-corrected chi connectivity index (χ0v) is 11.1. The Kier molecular flexibility index (Phi) is 4.61. The van der Waals surface area contributed by atoms with Crippen molar-refractivity contribution in [3.8, 4) is 5.75 Å². The molecular weight excluding hydrogens is 291 g/mol. The van der Waals surface area contributed by atoms with E-state index in [1.54, 1.807) is 12.1 Å². The minimum absolute atomic E-state index is 0.189. The van der Waals surface area contributed by atoms with Crippen molar-refractivity contribution in [1.29, 1.82) is 0 Å². The lowest BCUT2D eigenvalue weighted by molar-refractivity contribution is -0.137. The molecule has 1 aromatic heterocycles. The number of hydrogen-bond donors (Lipinski definition) is 1. The fraction of sp³-hybridized carbons (Fsp3) is 0.308. The molecule has 0 amide bonds. The van der Waals surface area contributed by atoms with Gasteiger partial charge in [0.25, 0.3) is 0 Å². The Balaban J connectivity index is 1.86. The molecule has 1 aromatic carbocycles. The average molecular weight is 303 g/mol. The van der Waals surface area contributed by atoms with E-state index < -0.39 is 17.3 Å². The number of aliphatic hydroxyl groups excluding tert-OH is 1. The fourth-order valence-corrected chi connectivity index (χ4v) is 2.32. The van der Waals surface area contributed by atoms with E-state index in [1.807, 2.05) is 18.2 Å². The first-order valence-electron chi connectivity index (χ1n) is 5.85. The van der Waals surface area contributed by atoms with Crippen LogP contribution in [0.5, 0.6) is 5.75 Å². The second-order valence-corrected chi connectivity index (χ2v) is 5.09. The molecular formula is C13H12F3NO2S. The Bertz CT molecular complexity index is 542. The number of aliphatic hydroxyl groups is 1. The van der Waals surface area contributed by atoms with Crippen LogP contribution < -0.4 is 4.74 Å². The molecule has 0 aliphatic carbocycles. The summed E-state index contributed by atoms with van der Waals surface area (Å²) in [5.74, 6) is 0.653. The highest BCUT2D eigenvalue weighted by Crippen LogP contribution is 2.34. The Hall–Kier alpha value is -1.60. The van der Waals surface area contributed by atoms with Gasteiger partial charge < -0.3 is 9.84 Å². The quantitative estimate of drug-likeness (QED) is 0.916. The van der Waals surface area contributed by atoms with Crippen LogP contribution in [0.15, 0.2) is 36.5 Å². The Morgan fingerprint density at radius 1 is 1.25 bits per heavy atom. The number of thiazole rings is 1. The molecule has 0 bridgehead atoms. The summed E-state index contributed by atoms with van der Waals surface area (Å²) in [5.41, 5.74) is 0. The second kappa shape index (κ2) is 6.23. The summed E-state index contributed by atoms with van der Waals surface area (Å²) in [7, 11) is 0. The van der Waals surface area contributed by atoms with Gasteiger partial charge in [0.05, 0.1) is 17.6 Å². The normalized spacial score (nSPS) is 13.2. The van der Waals surface area contributed by atoms with Gasteiger partial charge >= 0.3 is 6.18 Å². The van der Waals surface area contributed by atoms with Gasteiger partial charge in [-0.2, -0.15) is 13.2 Å². The van der Waals surface area contributed by atoms with E-state index in [0.29, 0.717) is 17.1 Å². The maximum Gasteiger partial charge on any atom is 0.443 e. The van der Waals surface area contributed by atoms with Crippen molar-refractivity contribution in [2.24, 2.45) is 0 Å². The fourth-order valence-electron chi connectivity index (χ4n) is 1.52. The summed E-state index contributed by atoms with van der Waals surface area (Å²) in [5, 5.41) is 8.85. The molecule has 1 atom stereocenters. The largest absolute Gasteiger partial charge is 0.493 e. The van der Waals surface area contributed by atoms with Crippen molar-refractivity contribution in [3.63, 3.8) is 0 Å². The number of hydrogen-bond acceptors (Lipinski definition) is 4. The summed E-state index contributed by atoms with van der Waals surface area (Å²) >= 11 is 0.453. The van der Waals surface area contributed by atoms with E-state index in [9.17, 15) is 18.3 Å². The molecule has 1 unspecified atom stereocenters. The number of halogens is 3. The highest BCUT2D eigenvalue weighted by molar-refractivity contribution is 7.11. The SMILES string of the molecule is OC(CCOc1ccccc1)c1cnc(C(F)(F)F)s1. The number of ether oxygens (including phenoxy) is 1. The maximum atomic E-state index is 12.4. The maximum absolute atomic E-state index is 12.4. The molecule has 0 saturated heterocycles. The van der Waals surface area contributed by atoms with Crippen LogP contribution >= 0.6 is 11.3 Å². The highest BCUT2D eigenvalue weighted by Gasteiger charge is 2.35. The molecule has 1 heterocycles. The predicted molar refractivity (Wildman–Crippen MR) is 68.6 cm³/mol. The van der Waals surface area contributed by atoms with Crippen molar-refractivity contribution >= 4 is 11.3 Å². The zero-order chi connectivity index (χ0) is 14.6. The van der Waals surface area contributed by atoms with Crippen molar-refractivity contribution in [2.75, 3.05) is 6.61 Å². The first-order chi connectivity index (χ1) is 9.47. The van der Waals surface area contributed by atoms with Gasteiger partial charge in [-0.25, -0.2) is 4.98 Å². The molecule has 0 aliphatic rings. The molecule has 0 spiro atoms. The summed E-state index contributed by atoms with van der Waals surface area (Å²) < 4.78 is 42.5. The molecule has 2 aromatic rings. The molecule has 3 nitrogen and oxygen atoms in total. The van der Waals surface area contributed by atoms with Gasteiger partial charge in [0.15, 0.2) is 5.01 Å². The molecule has 7 heteroatoms. The third-order valence-electron chi connectivity index (χ3n) is 2.50. The van der Waals surface area contributed by atoms with Gasteiger partial charge in [-0.15, -0.1) is 11.3 Å². The second-order valence-electron chi connectivity index (χ2n) is 4.03. The first kappa shape index (κ1) is 14.8. The minimum atomic E-state index is -4.47. The lowest BCUT2D eigenvalue weighted by Gasteiger charge is -2.09. The third kappa shape index (κ3) is 3.94. The molecule has 0 fully saturated rings. The van der Waals surface area contributed by atoms with Crippen LogP contribution in [0.3, 0.4) is 0 Å². The standard InChI is InChI=1S/C13H12F3NO2S/c14-13(15,16)12-17-8-11(20-12)10(18)6-7-19-9-4-2-1-3-5-9/h1-5,8,10,18H,6-7H2. The van der Waals surface area contributed by atoms with Gasteiger partial charge in [0.2, 0.25) is 0 Å². The van der Waals surface area contributed by atoms with Crippen LogP contribution in [0.4, 0.5) is 13.2 Å². The molecule has 0 radical (unpaired) electrons. The zero-order valence-electron chi connectivity index (χ0n) is 10.3. The minimum Gasteiger partial charge on any atom is -0.493 e. The van der Waals surface area contributed by atoms with E-state index in [2.05, 4.69) is 4.98 Å². The van der Waals surface area contributed by atoms with Crippen LogP contribution in [-0.4, -0.2) is 16.7 Å². The molecule has 1 N–H and O–H groups in total. The predicted octanol–water partition coefficient (Wildman–Crippen LogP) is 3.66. The number of aromatic nitrogens is 1. The smallest absolute Gasteiger partial charge is 0.443 e. The number of benzene rings is 1. The lowest BCUT2D eigenvalue weighted by Crippen LogP contribution is -2.04. The molecule has 108 valence electrons. The van der Waals surface area contributed by atoms with Gasteiger partial charge in [-0.3, -0.25) is 0 Å². The van der Waals surface area contributed by atoms with Crippen LogP contribution in [0.25, 0.3) is 0 Å². The van der Waals surface area contributed by atoms with Crippen LogP contribution in [-0.2, 0) is 6.18 Å². The number of nitrogens with zero attached hydrogens (tertiary/aromatic N) is 1. The first-order valence-corrected chi connectivity index (χ1v) is 6.67. The monoisotopic (exact) mass is 303 g/mol. The Morgan fingerprint density at radius 2 is 1.95 bits per heavy atom. The van der Waals surface area contributed by atoms with Gasteiger partial charge in [-0.1, -0.05) is 18.2 Å². The summed E-state index contributed by atoms with van der Waals surface area (Å²) in [6.45, 7) is 0.213. The summed E-state index contributed by atoms with van der Waals surface area (Å²) in [4.78, 5) is 3.46. The van der Waals surface area contributed by atoms with E-state index in [4.69, 9.17) is 4.74 Å². The molecule has 0 saturated carbocycles. The third-order valence-corrected chi connectivity index (χ3v) is 3.64. The highest BCUT2D eigenvalue weighted by atomic mass is 32.1. The Morgan fingerprint density at radius 3 is 2.55 bits per heavy atom. The van der Waals surface area contributed by atoms with Crippen molar-refractivity contribution < 1.29 is 23.0 Å². The van der Waals surface area contributed by atoms with Crippen LogP contribution in [0.1, 0.15) is 22.4 Å². The van der Waals surface area contributed by atoms with Gasteiger partial charge in [0, 0.05) is 12.6 Å². The number of rotatable bonds is 5. The van der Waals surface area contributed by atoms with E-state index in [-0.39, 0.29) is 17.9 Å². The van der Waals surface area contributed by atoms with Gasteiger partial charge in [0.1, 0.15) is 5.75 Å². The lowest BCUT2D eigenvalue weighted by atomic mass is 10.2. The molecule has 0 aliphatic heterocycles. The Labute approximate surface area is 117 Å². The topological polar surface area (TPSA) is 42.4 Å². The van der Waals surface area contributed by atoms with E-state index in [0.717, 1.165) is 6.20 Å². The number of alkyl halides is 3.